The zero-order valence-corrected chi connectivity index (χ0v) is 13.0. The molecule has 0 bridgehead atoms. The van der Waals surface area contributed by atoms with Crippen molar-refractivity contribution in [2.75, 3.05) is 20.1 Å². The SMILES string of the molecule is CCC1CN(S(=O)(=O)c2ccc(F)c(F)c2)CCC1NC. The molecule has 4 nitrogen and oxygen atoms in total. The third-order valence-electron chi connectivity index (χ3n) is 4.12. The van der Waals surface area contributed by atoms with Gasteiger partial charge in [-0.05, 0) is 37.6 Å². The Labute approximate surface area is 124 Å². The first-order chi connectivity index (χ1) is 9.90. The summed E-state index contributed by atoms with van der Waals surface area (Å²) in [7, 11) is -1.91. The molecule has 1 aromatic rings. The molecule has 1 aromatic carbocycles. The highest BCUT2D eigenvalue weighted by Gasteiger charge is 2.34. The summed E-state index contributed by atoms with van der Waals surface area (Å²) >= 11 is 0. The smallest absolute Gasteiger partial charge is 0.243 e. The van der Waals surface area contributed by atoms with Crippen LogP contribution in [0.3, 0.4) is 0 Å². The van der Waals surface area contributed by atoms with Crippen molar-refractivity contribution in [3.8, 4) is 0 Å². The van der Waals surface area contributed by atoms with Gasteiger partial charge in [-0.1, -0.05) is 13.3 Å². The van der Waals surface area contributed by atoms with Crippen LogP contribution in [0.2, 0.25) is 0 Å². The molecule has 1 aliphatic heterocycles. The molecule has 1 fully saturated rings. The zero-order chi connectivity index (χ0) is 15.6. The van der Waals surface area contributed by atoms with E-state index >= 15 is 0 Å². The molecule has 2 atom stereocenters. The largest absolute Gasteiger partial charge is 0.317 e. The predicted octanol–water partition coefficient (Wildman–Crippen LogP) is 1.97. The molecule has 2 unspecified atom stereocenters. The van der Waals surface area contributed by atoms with Crippen LogP contribution in [0.25, 0.3) is 0 Å². The van der Waals surface area contributed by atoms with Crippen LogP contribution in [-0.4, -0.2) is 38.9 Å². The van der Waals surface area contributed by atoms with Gasteiger partial charge in [-0.3, -0.25) is 0 Å². The van der Waals surface area contributed by atoms with Crippen molar-refractivity contribution < 1.29 is 17.2 Å². The van der Waals surface area contributed by atoms with Crippen molar-refractivity contribution in [2.45, 2.75) is 30.7 Å². The molecule has 1 saturated heterocycles. The quantitative estimate of drug-likeness (QED) is 0.923. The summed E-state index contributed by atoms with van der Waals surface area (Å²) in [6, 6.07) is 2.99. The number of hydrogen-bond donors (Lipinski definition) is 1. The molecular weight excluding hydrogens is 298 g/mol. The molecular formula is C14H20F2N2O2S. The summed E-state index contributed by atoms with van der Waals surface area (Å²) in [5, 5.41) is 3.20. The molecule has 1 aliphatic rings. The van der Waals surface area contributed by atoms with Crippen molar-refractivity contribution in [1.29, 1.82) is 0 Å². The molecule has 0 amide bonds. The van der Waals surface area contributed by atoms with Gasteiger partial charge in [0.15, 0.2) is 11.6 Å². The monoisotopic (exact) mass is 318 g/mol. The van der Waals surface area contributed by atoms with Crippen LogP contribution < -0.4 is 5.32 Å². The Morgan fingerprint density at radius 1 is 1.33 bits per heavy atom. The maximum atomic E-state index is 13.3. The number of sulfonamides is 1. The minimum absolute atomic E-state index is 0.195. The van der Waals surface area contributed by atoms with Crippen LogP contribution in [0.4, 0.5) is 8.78 Å². The maximum absolute atomic E-state index is 13.3. The van der Waals surface area contributed by atoms with E-state index in [0.29, 0.717) is 19.5 Å². The fraction of sp³-hybridized carbons (Fsp3) is 0.571. The molecule has 118 valence electrons. The first-order valence-electron chi connectivity index (χ1n) is 7.02. The van der Waals surface area contributed by atoms with Crippen molar-refractivity contribution in [1.82, 2.24) is 9.62 Å². The van der Waals surface area contributed by atoms with Crippen LogP contribution >= 0.6 is 0 Å². The van der Waals surface area contributed by atoms with E-state index in [4.69, 9.17) is 0 Å². The van der Waals surface area contributed by atoms with Crippen molar-refractivity contribution >= 4 is 10.0 Å². The summed E-state index contributed by atoms with van der Waals surface area (Å²) in [4.78, 5) is -0.195. The van der Waals surface area contributed by atoms with Crippen molar-refractivity contribution in [3.05, 3.63) is 29.8 Å². The lowest BCUT2D eigenvalue weighted by molar-refractivity contribution is 0.209. The molecule has 0 spiro atoms. The van der Waals surface area contributed by atoms with Gasteiger partial charge >= 0.3 is 0 Å². The van der Waals surface area contributed by atoms with Gasteiger partial charge in [0.2, 0.25) is 10.0 Å². The zero-order valence-electron chi connectivity index (χ0n) is 12.1. The topological polar surface area (TPSA) is 49.4 Å². The highest BCUT2D eigenvalue weighted by Crippen LogP contribution is 2.26. The van der Waals surface area contributed by atoms with Gasteiger partial charge in [0.05, 0.1) is 4.90 Å². The van der Waals surface area contributed by atoms with E-state index in [1.165, 1.54) is 4.31 Å². The van der Waals surface area contributed by atoms with Gasteiger partial charge in [-0.25, -0.2) is 17.2 Å². The molecule has 2 rings (SSSR count). The van der Waals surface area contributed by atoms with Gasteiger partial charge in [-0.15, -0.1) is 0 Å². The molecule has 1 heterocycles. The maximum Gasteiger partial charge on any atom is 0.243 e. The van der Waals surface area contributed by atoms with Crippen LogP contribution in [0.1, 0.15) is 19.8 Å². The average molecular weight is 318 g/mol. The Hall–Kier alpha value is -1.05. The summed E-state index contributed by atoms with van der Waals surface area (Å²) in [6.45, 7) is 2.79. The first kappa shape index (κ1) is 16.3. The second kappa shape index (κ2) is 6.37. The minimum atomic E-state index is -3.78. The number of halogens is 2. The Bertz CT molecular complexity index is 607. The molecule has 21 heavy (non-hydrogen) atoms. The third-order valence-corrected chi connectivity index (χ3v) is 5.98. The number of piperidine rings is 1. The Morgan fingerprint density at radius 3 is 2.62 bits per heavy atom. The lowest BCUT2D eigenvalue weighted by atomic mass is 9.91. The summed E-state index contributed by atoms with van der Waals surface area (Å²) in [5.74, 6) is -1.98. The van der Waals surface area contributed by atoms with Crippen LogP contribution in [0.5, 0.6) is 0 Å². The van der Waals surface area contributed by atoms with Crippen molar-refractivity contribution in [3.63, 3.8) is 0 Å². The Balaban J connectivity index is 2.25. The fourth-order valence-electron chi connectivity index (χ4n) is 2.80. The summed E-state index contributed by atoms with van der Waals surface area (Å²) in [5.41, 5.74) is 0. The Kier molecular flexibility index (Phi) is 4.95. The Morgan fingerprint density at radius 2 is 2.05 bits per heavy atom. The number of rotatable bonds is 4. The molecule has 0 radical (unpaired) electrons. The lowest BCUT2D eigenvalue weighted by Crippen LogP contribution is -2.49. The van der Waals surface area contributed by atoms with E-state index < -0.39 is 21.7 Å². The second-order valence-corrected chi connectivity index (χ2v) is 7.23. The summed E-state index contributed by atoms with van der Waals surface area (Å²) in [6.07, 6.45) is 1.56. The van der Waals surface area contributed by atoms with Gasteiger partial charge in [-0.2, -0.15) is 4.31 Å². The highest BCUT2D eigenvalue weighted by molar-refractivity contribution is 7.89. The van der Waals surface area contributed by atoms with E-state index in [-0.39, 0.29) is 16.9 Å². The van der Waals surface area contributed by atoms with E-state index in [0.717, 1.165) is 24.6 Å². The van der Waals surface area contributed by atoms with Gasteiger partial charge < -0.3 is 5.32 Å². The van der Waals surface area contributed by atoms with E-state index in [9.17, 15) is 17.2 Å². The van der Waals surface area contributed by atoms with E-state index in [1.54, 1.807) is 0 Å². The van der Waals surface area contributed by atoms with E-state index in [2.05, 4.69) is 5.32 Å². The minimum Gasteiger partial charge on any atom is -0.317 e. The third kappa shape index (κ3) is 3.25. The number of benzene rings is 1. The second-order valence-electron chi connectivity index (χ2n) is 5.29. The standard InChI is InChI=1S/C14H20F2N2O2S/c1-3-10-9-18(7-6-14(10)17-2)21(19,20)11-4-5-12(15)13(16)8-11/h4-5,8,10,14,17H,3,6-7,9H2,1-2H3. The average Bonchev–Trinajstić information content (AvgIpc) is 2.49. The molecule has 1 N–H and O–H groups in total. The fourth-order valence-corrected chi connectivity index (χ4v) is 4.32. The lowest BCUT2D eigenvalue weighted by Gasteiger charge is -2.37. The number of nitrogens with one attached hydrogen (secondary N) is 1. The predicted molar refractivity (Wildman–Crippen MR) is 76.4 cm³/mol. The normalized spacial score (nSPS) is 24.2. The van der Waals surface area contributed by atoms with Crippen LogP contribution in [-0.2, 0) is 10.0 Å². The van der Waals surface area contributed by atoms with Gasteiger partial charge in [0, 0.05) is 19.1 Å². The highest BCUT2D eigenvalue weighted by atomic mass is 32.2. The first-order valence-corrected chi connectivity index (χ1v) is 8.46. The molecule has 0 aliphatic carbocycles. The number of nitrogens with zero attached hydrogens (tertiary/aromatic N) is 1. The molecule has 0 saturated carbocycles. The summed E-state index contributed by atoms with van der Waals surface area (Å²) < 4.78 is 52.6. The number of hydrogen-bond acceptors (Lipinski definition) is 3. The van der Waals surface area contributed by atoms with E-state index in [1.807, 2.05) is 14.0 Å². The van der Waals surface area contributed by atoms with Crippen LogP contribution in [0, 0.1) is 17.6 Å². The van der Waals surface area contributed by atoms with Gasteiger partial charge in [0.1, 0.15) is 0 Å². The molecule has 7 heteroatoms. The molecule has 0 aromatic heterocycles. The van der Waals surface area contributed by atoms with Crippen molar-refractivity contribution in [2.24, 2.45) is 5.92 Å². The van der Waals surface area contributed by atoms with Crippen LogP contribution in [0.15, 0.2) is 23.1 Å². The van der Waals surface area contributed by atoms with Gasteiger partial charge in [0.25, 0.3) is 0 Å².